The predicted octanol–water partition coefficient (Wildman–Crippen LogP) is 3.66. The Morgan fingerprint density at radius 2 is 2.00 bits per heavy atom. The number of carbonyl (C=O) groups is 1. The summed E-state index contributed by atoms with van der Waals surface area (Å²) < 4.78 is 34.2. The first-order valence-electron chi connectivity index (χ1n) is 10.6. The van der Waals surface area contributed by atoms with Crippen molar-refractivity contribution < 1.29 is 17.9 Å². The second-order valence-corrected chi connectivity index (χ2v) is 11.7. The summed E-state index contributed by atoms with van der Waals surface area (Å²) in [6, 6.07) is 4.97. The molecular weight excluding hydrogens is 470 g/mol. The number of thioether (sulfide) groups is 1. The van der Waals surface area contributed by atoms with Crippen LogP contribution in [0.15, 0.2) is 27.4 Å². The molecule has 0 spiro atoms. The molecule has 2 heterocycles. The summed E-state index contributed by atoms with van der Waals surface area (Å²) in [5.74, 6) is 0.177. The Balaban J connectivity index is 1.69. The lowest BCUT2D eigenvalue weighted by Crippen LogP contribution is -2.35. The number of sulfonamides is 1. The van der Waals surface area contributed by atoms with Crippen LogP contribution in [-0.4, -0.2) is 60.3 Å². The molecule has 0 bridgehead atoms. The van der Waals surface area contributed by atoms with Gasteiger partial charge in [-0.2, -0.15) is 4.31 Å². The van der Waals surface area contributed by atoms with Crippen LogP contribution in [0.5, 0.6) is 5.75 Å². The summed E-state index contributed by atoms with van der Waals surface area (Å²) in [4.78, 5) is 12.5. The molecule has 2 N–H and O–H groups in total. The number of benzene rings is 1. The molecule has 176 valence electrons. The van der Waals surface area contributed by atoms with Crippen LogP contribution in [0.2, 0.25) is 0 Å². The number of anilines is 2. The van der Waals surface area contributed by atoms with Gasteiger partial charge in [-0.1, -0.05) is 29.5 Å². The van der Waals surface area contributed by atoms with Gasteiger partial charge in [0.05, 0.1) is 12.4 Å². The number of amides is 1. The van der Waals surface area contributed by atoms with E-state index in [4.69, 9.17) is 4.74 Å². The molecule has 0 unspecified atom stereocenters. The molecule has 0 saturated carbocycles. The van der Waals surface area contributed by atoms with Gasteiger partial charge in [-0.15, -0.1) is 10.2 Å². The highest BCUT2D eigenvalue weighted by Crippen LogP contribution is 2.32. The van der Waals surface area contributed by atoms with Gasteiger partial charge in [0.2, 0.25) is 21.1 Å². The molecule has 0 aliphatic carbocycles. The van der Waals surface area contributed by atoms with Crippen molar-refractivity contribution >= 4 is 49.8 Å². The van der Waals surface area contributed by atoms with E-state index in [1.54, 1.807) is 19.1 Å². The molecule has 1 saturated heterocycles. The van der Waals surface area contributed by atoms with Gasteiger partial charge in [-0.25, -0.2) is 8.42 Å². The molecule has 3 rings (SSSR count). The summed E-state index contributed by atoms with van der Waals surface area (Å²) in [7, 11) is -3.71. The van der Waals surface area contributed by atoms with Crippen LogP contribution in [-0.2, 0) is 14.8 Å². The third-order valence-electron chi connectivity index (χ3n) is 4.61. The van der Waals surface area contributed by atoms with E-state index >= 15 is 0 Å². The number of nitrogens with zero attached hydrogens (tertiary/aromatic N) is 3. The van der Waals surface area contributed by atoms with Crippen molar-refractivity contribution in [1.82, 2.24) is 14.5 Å². The van der Waals surface area contributed by atoms with Crippen molar-refractivity contribution in [1.29, 1.82) is 0 Å². The van der Waals surface area contributed by atoms with E-state index in [-0.39, 0.29) is 22.6 Å². The monoisotopic (exact) mass is 499 g/mol. The summed E-state index contributed by atoms with van der Waals surface area (Å²) in [6.45, 7) is 7.17. The van der Waals surface area contributed by atoms with Crippen molar-refractivity contribution in [2.45, 2.75) is 55.3 Å². The molecule has 1 aromatic carbocycles. The maximum atomic E-state index is 13.2. The fourth-order valence-electron chi connectivity index (χ4n) is 3.20. The number of carbonyl (C=O) groups excluding carboxylic acids is 1. The fourth-order valence-corrected chi connectivity index (χ4v) is 6.58. The van der Waals surface area contributed by atoms with E-state index in [0.29, 0.717) is 40.6 Å². The number of piperidine rings is 1. The third-order valence-corrected chi connectivity index (χ3v) is 8.51. The minimum atomic E-state index is -3.71. The van der Waals surface area contributed by atoms with E-state index in [1.165, 1.54) is 33.5 Å². The van der Waals surface area contributed by atoms with Crippen LogP contribution in [0.3, 0.4) is 0 Å². The maximum absolute atomic E-state index is 13.2. The number of ether oxygens (including phenoxy) is 1. The number of aromatic nitrogens is 2. The highest BCUT2D eigenvalue weighted by atomic mass is 32.2. The van der Waals surface area contributed by atoms with Crippen molar-refractivity contribution in [3.63, 3.8) is 0 Å². The van der Waals surface area contributed by atoms with E-state index in [1.807, 2.05) is 13.8 Å². The highest BCUT2D eigenvalue weighted by molar-refractivity contribution is 8.01. The molecule has 12 heteroatoms. The number of hydrogen-bond acceptors (Lipinski definition) is 9. The Labute approximate surface area is 197 Å². The second-order valence-electron chi connectivity index (χ2n) is 7.57. The van der Waals surface area contributed by atoms with Crippen LogP contribution >= 0.6 is 23.1 Å². The molecule has 1 aliphatic heterocycles. The zero-order chi connectivity index (χ0) is 23.1. The zero-order valence-electron chi connectivity index (χ0n) is 18.5. The molecule has 2 aromatic rings. The van der Waals surface area contributed by atoms with Gasteiger partial charge in [-0.3, -0.25) is 4.79 Å². The smallest absolute Gasteiger partial charge is 0.246 e. The molecule has 1 aliphatic rings. The van der Waals surface area contributed by atoms with Gasteiger partial charge in [0.1, 0.15) is 10.6 Å². The minimum absolute atomic E-state index is 0.0835. The standard InChI is InChI=1S/C20H29N5O4S3/c1-4-29-16-9-8-15(12-17(16)32(27,28)25-10-6-5-7-11-25)22-18(26)13-30-20-24-23-19(31-20)21-14(2)3/h8-9,12,14H,4-7,10-11,13H2,1-3H3,(H,21,23)(H,22,26). The Bertz CT molecular complexity index is 1020. The number of rotatable bonds is 10. The molecule has 1 aromatic heterocycles. The Kier molecular flexibility index (Phi) is 8.74. The largest absolute Gasteiger partial charge is 0.492 e. The molecule has 1 amide bonds. The first-order chi connectivity index (χ1) is 15.3. The first-order valence-corrected chi connectivity index (χ1v) is 13.8. The second kappa shape index (κ2) is 11.3. The first kappa shape index (κ1) is 24.7. The molecule has 9 nitrogen and oxygen atoms in total. The summed E-state index contributed by atoms with van der Waals surface area (Å²) >= 11 is 2.67. The van der Waals surface area contributed by atoms with Crippen molar-refractivity contribution in [2.75, 3.05) is 36.1 Å². The van der Waals surface area contributed by atoms with E-state index < -0.39 is 10.0 Å². The van der Waals surface area contributed by atoms with Gasteiger partial charge in [-0.05, 0) is 51.8 Å². The van der Waals surface area contributed by atoms with Crippen LogP contribution in [0, 0.1) is 0 Å². The van der Waals surface area contributed by atoms with Crippen LogP contribution in [0.1, 0.15) is 40.0 Å². The van der Waals surface area contributed by atoms with Crippen molar-refractivity contribution in [2.24, 2.45) is 0 Å². The Hall–Kier alpha value is -1.89. The Morgan fingerprint density at radius 1 is 1.25 bits per heavy atom. The summed E-state index contributed by atoms with van der Waals surface area (Å²) in [5.41, 5.74) is 0.411. The van der Waals surface area contributed by atoms with Crippen molar-refractivity contribution in [3.8, 4) is 5.75 Å². The fraction of sp³-hybridized carbons (Fsp3) is 0.550. The predicted molar refractivity (Wildman–Crippen MR) is 128 cm³/mol. The SMILES string of the molecule is CCOc1ccc(NC(=O)CSc2nnc(NC(C)C)s2)cc1S(=O)(=O)N1CCCCC1. The molecule has 1 fully saturated rings. The van der Waals surface area contributed by atoms with Gasteiger partial charge in [0.15, 0.2) is 4.34 Å². The zero-order valence-corrected chi connectivity index (χ0v) is 20.9. The van der Waals surface area contributed by atoms with E-state index in [2.05, 4.69) is 20.8 Å². The number of hydrogen-bond donors (Lipinski definition) is 2. The number of nitrogens with one attached hydrogen (secondary N) is 2. The lowest BCUT2D eigenvalue weighted by Gasteiger charge is -2.27. The van der Waals surface area contributed by atoms with E-state index in [9.17, 15) is 13.2 Å². The topological polar surface area (TPSA) is 114 Å². The average Bonchev–Trinajstić information content (AvgIpc) is 3.20. The van der Waals surface area contributed by atoms with Crippen LogP contribution in [0.4, 0.5) is 10.8 Å². The van der Waals surface area contributed by atoms with E-state index in [0.717, 1.165) is 19.3 Å². The van der Waals surface area contributed by atoms with Gasteiger partial charge < -0.3 is 15.4 Å². The average molecular weight is 500 g/mol. The summed E-state index contributed by atoms with van der Waals surface area (Å²) in [5, 5.41) is 14.8. The van der Waals surface area contributed by atoms with Crippen molar-refractivity contribution in [3.05, 3.63) is 18.2 Å². The quantitative estimate of drug-likeness (QED) is 0.476. The molecule has 0 radical (unpaired) electrons. The van der Waals surface area contributed by atoms with Gasteiger partial charge >= 0.3 is 0 Å². The van der Waals surface area contributed by atoms with Crippen LogP contribution < -0.4 is 15.4 Å². The molecular formula is C20H29N5O4S3. The molecule has 32 heavy (non-hydrogen) atoms. The maximum Gasteiger partial charge on any atom is 0.246 e. The highest BCUT2D eigenvalue weighted by Gasteiger charge is 2.29. The minimum Gasteiger partial charge on any atom is -0.492 e. The Morgan fingerprint density at radius 3 is 2.69 bits per heavy atom. The normalized spacial score (nSPS) is 15.0. The lowest BCUT2D eigenvalue weighted by molar-refractivity contribution is -0.113. The van der Waals surface area contributed by atoms with Gasteiger partial charge in [0, 0.05) is 24.8 Å². The molecule has 0 atom stereocenters. The summed E-state index contributed by atoms with van der Waals surface area (Å²) in [6.07, 6.45) is 2.72. The lowest BCUT2D eigenvalue weighted by atomic mass is 10.2. The van der Waals surface area contributed by atoms with Gasteiger partial charge in [0.25, 0.3) is 0 Å². The van der Waals surface area contributed by atoms with Crippen LogP contribution in [0.25, 0.3) is 0 Å². The third kappa shape index (κ3) is 6.56.